The van der Waals surface area contributed by atoms with Crippen LogP contribution in [0, 0.1) is 23.0 Å². The first kappa shape index (κ1) is 53.2. The standard InChI is InChI=1S/C81H49F2N7/c82-64-26-13-27-65(83)80(64)81-78(89-74-40-36-56(70-32-14-28-66(85-70)52-18-5-1-6-19-52)46-60(74)61-47-57(37-41-75(61)89)71-33-15-29-67(86-71)53-20-7-2-8-21-53)44-51(50-84)45-79(81)90-76-42-38-58(72-34-16-30-68(87-72)54-22-9-3-10-23-54)48-62(76)63-49-59(39-43-77(63)90)73-35-17-31-69(88-73)55-24-11-4-12-25-55/h1-49H. The third-order valence-electron chi connectivity index (χ3n) is 16.9. The number of aromatic nitrogens is 6. The smallest absolute Gasteiger partial charge is 0.134 e. The van der Waals surface area contributed by atoms with Gasteiger partial charge < -0.3 is 9.13 Å². The Labute approximate surface area is 517 Å². The van der Waals surface area contributed by atoms with Crippen LogP contribution in [0.25, 0.3) is 156 Å². The minimum atomic E-state index is -0.764. The second kappa shape index (κ2) is 22.2. The zero-order chi connectivity index (χ0) is 60.2. The topological polar surface area (TPSA) is 85.2 Å². The Hall–Kier alpha value is -12.3. The van der Waals surface area contributed by atoms with Gasteiger partial charge in [-0.2, -0.15) is 5.26 Å². The van der Waals surface area contributed by atoms with Crippen molar-refractivity contribution in [2.24, 2.45) is 0 Å². The summed E-state index contributed by atoms with van der Waals surface area (Å²) in [6, 6.07) is 99.3. The van der Waals surface area contributed by atoms with Crippen molar-refractivity contribution in [2.75, 3.05) is 0 Å². The van der Waals surface area contributed by atoms with Crippen LogP contribution in [0.2, 0.25) is 0 Å². The summed E-state index contributed by atoms with van der Waals surface area (Å²) in [5.74, 6) is -1.53. The first-order valence-corrected chi connectivity index (χ1v) is 29.7. The number of nitriles is 1. The molecule has 0 amide bonds. The van der Waals surface area contributed by atoms with E-state index in [0.717, 1.165) is 134 Å². The molecule has 0 saturated heterocycles. The highest BCUT2D eigenvalue weighted by Gasteiger charge is 2.28. The largest absolute Gasteiger partial charge is 0.308 e. The Bertz CT molecular complexity index is 4910. The van der Waals surface area contributed by atoms with Crippen molar-refractivity contribution < 1.29 is 8.78 Å². The van der Waals surface area contributed by atoms with Gasteiger partial charge in [-0.15, -0.1) is 0 Å². The highest BCUT2D eigenvalue weighted by atomic mass is 19.1. The fourth-order valence-electron chi connectivity index (χ4n) is 12.7. The Morgan fingerprint density at radius 1 is 0.256 bits per heavy atom. The Balaban J connectivity index is 0.966. The first-order valence-electron chi connectivity index (χ1n) is 29.7. The monoisotopic (exact) mass is 1160 g/mol. The molecule has 0 atom stereocenters. The molecule has 0 aliphatic heterocycles. The number of halogens is 2. The van der Waals surface area contributed by atoms with Gasteiger partial charge in [0.05, 0.1) is 96.2 Å². The molecule has 0 saturated carbocycles. The summed E-state index contributed by atoms with van der Waals surface area (Å²) in [6.07, 6.45) is 0. The summed E-state index contributed by atoms with van der Waals surface area (Å²) in [7, 11) is 0. The molecule has 16 aromatic rings. The average Bonchev–Trinajstić information content (AvgIpc) is 1.72. The van der Waals surface area contributed by atoms with Gasteiger partial charge in [0.15, 0.2) is 0 Å². The van der Waals surface area contributed by atoms with Gasteiger partial charge in [0.2, 0.25) is 0 Å². The number of rotatable bonds is 11. The summed E-state index contributed by atoms with van der Waals surface area (Å²) >= 11 is 0. The number of hydrogen-bond acceptors (Lipinski definition) is 5. The maximum Gasteiger partial charge on any atom is 0.134 e. The number of benzene rings is 10. The molecule has 6 aromatic heterocycles. The molecule has 90 heavy (non-hydrogen) atoms. The number of nitrogens with zero attached hydrogens (tertiary/aromatic N) is 7. The van der Waals surface area contributed by atoms with Gasteiger partial charge in [0.25, 0.3) is 0 Å². The summed E-state index contributed by atoms with van der Waals surface area (Å²) in [4.78, 5) is 20.7. The molecule has 6 heterocycles. The van der Waals surface area contributed by atoms with Gasteiger partial charge >= 0.3 is 0 Å². The molecule has 0 radical (unpaired) electrons. The van der Waals surface area contributed by atoms with E-state index in [4.69, 9.17) is 19.9 Å². The van der Waals surface area contributed by atoms with E-state index in [1.165, 1.54) is 18.2 Å². The normalized spacial score (nSPS) is 11.4. The Kier molecular flexibility index (Phi) is 13.2. The van der Waals surface area contributed by atoms with Crippen molar-refractivity contribution in [3.05, 3.63) is 314 Å². The number of hydrogen-bond donors (Lipinski definition) is 0. The summed E-state index contributed by atoms with van der Waals surface area (Å²) < 4.78 is 39.0. The van der Waals surface area contributed by atoms with Crippen LogP contribution in [0.3, 0.4) is 0 Å². The molecule has 0 N–H and O–H groups in total. The van der Waals surface area contributed by atoms with Crippen molar-refractivity contribution in [3.63, 3.8) is 0 Å². The van der Waals surface area contributed by atoms with Crippen molar-refractivity contribution in [1.82, 2.24) is 29.1 Å². The highest BCUT2D eigenvalue weighted by molar-refractivity contribution is 6.14. The van der Waals surface area contributed by atoms with E-state index in [-0.39, 0.29) is 16.7 Å². The molecular weight excluding hydrogens is 1110 g/mol. The maximum absolute atomic E-state index is 17.4. The van der Waals surface area contributed by atoms with Gasteiger partial charge in [-0.05, 0) is 121 Å². The maximum atomic E-state index is 17.4. The summed E-state index contributed by atoms with van der Waals surface area (Å²) in [5, 5.41) is 14.7. The van der Waals surface area contributed by atoms with E-state index < -0.39 is 11.6 Å². The van der Waals surface area contributed by atoms with Gasteiger partial charge in [-0.25, -0.2) is 28.7 Å². The van der Waals surface area contributed by atoms with Crippen LogP contribution in [0.4, 0.5) is 8.78 Å². The minimum Gasteiger partial charge on any atom is -0.308 e. The molecule has 7 nitrogen and oxygen atoms in total. The molecular formula is C81H49F2N7. The molecule has 0 fully saturated rings. The van der Waals surface area contributed by atoms with E-state index >= 15 is 8.78 Å². The lowest BCUT2D eigenvalue weighted by molar-refractivity contribution is 0.589. The van der Waals surface area contributed by atoms with Crippen LogP contribution in [-0.4, -0.2) is 29.1 Å². The van der Waals surface area contributed by atoms with E-state index in [9.17, 15) is 5.26 Å². The van der Waals surface area contributed by atoms with E-state index in [1.54, 1.807) is 12.1 Å². The fourth-order valence-corrected chi connectivity index (χ4v) is 12.7. The third kappa shape index (κ3) is 9.44. The van der Waals surface area contributed by atoms with Gasteiger partial charge in [-0.1, -0.05) is 176 Å². The second-order valence-corrected chi connectivity index (χ2v) is 22.3. The number of fused-ring (bicyclic) bond motifs is 6. The van der Waals surface area contributed by atoms with Crippen molar-refractivity contribution in [1.29, 1.82) is 5.26 Å². The molecule has 0 bridgehead atoms. The van der Waals surface area contributed by atoms with E-state index in [0.29, 0.717) is 11.4 Å². The van der Waals surface area contributed by atoms with Crippen molar-refractivity contribution in [3.8, 4) is 119 Å². The highest BCUT2D eigenvalue weighted by Crippen LogP contribution is 2.46. The molecule has 0 spiro atoms. The van der Waals surface area contributed by atoms with E-state index in [1.807, 2.05) is 252 Å². The Morgan fingerprint density at radius 2 is 0.511 bits per heavy atom. The quantitative estimate of drug-likeness (QED) is 0.129. The van der Waals surface area contributed by atoms with Crippen LogP contribution in [-0.2, 0) is 0 Å². The third-order valence-corrected chi connectivity index (χ3v) is 16.9. The number of pyridine rings is 4. The van der Waals surface area contributed by atoms with Crippen LogP contribution in [0.1, 0.15) is 5.56 Å². The van der Waals surface area contributed by atoms with Crippen molar-refractivity contribution in [2.45, 2.75) is 0 Å². The molecule has 10 aromatic carbocycles. The molecule has 0 aliphatic rings. The molecule has 16 rings (SSSR count). The van der Waals surface area contributed by atoms with Crippen LogP contribution >= 0.6 is 0 Å². The van der Waals surface area contributed by atoms with Gasteiger partial charge in [-0.3, -0.25) is 0 Å². The molecule has 0 unspecified atom stereocenters. The lowest BCUT2D eigenvalue weighted by Crippen LogP contribution is -2.07. The SMILES string of the molecule is N#Cc1cc(-n2c3ccc(-c4cccc(-c5ccccc5)n4)cc3c3cc(-c4cccc(-c5ccccc5)n4)ccc32)c(-c2c(F)cccc2F)c(-n2c3ccc(-c4cccc(-c5ccccc5)n4)cc3c3cc(-c4cccc(-c5ccccc5)n4)ccc32)c1. The van der Waals surface area contributed by atoms with Crippen molar-refractivity contribution >= 4 is 43.6 Å². The molecule has 0 aliphatic carbocycles. The van der Waals surface area contributed by atoms with Gasteiger partial charge in [0, 0.05) is 71.6 Å². The van der Waals surface area contributed by atoms with E-state index in [2.05, 4.69) is 30.3 Å². The zero-order valence-corrected chi connectivity index (χ0v) is 48.2. The lowest BCUT2D eigenvalue weighted by atomic mass is 9.97. The minimum absolute atomic E-state index is 0.243. The Morgan fingerprint density at radius 3 is 0.778 bits per heavy atom. The lowest BCUT2D eigenvalue weighted by Gasteiger charge is -2.21. The van der Waals surface area contributed by atoms with Crippen LogP contribution < -0.4 is 0 Å². The first-order chi connectivity index (χ1) is 44.4. The molecule has 9 heteroatoms. The molecule has 422 valence electrons. The fraction of sp³-hybridized carbons (Fsp3) is 0. The average molecular weight is 1160 g/mol. The predicted molar refractivity (Wildman–Crippen MR) is 360 cm³/mol. The van der Waals surface area contributed by atoms with Gasteiger partial charge in [0.1, 0.15) is 11.6 Å². The summed E-state index contributed by atoms with van der Waals surface area (Å²) in [6.45, 7) is 0. The van der Waals surface area contributed by atoms with Crippen LogP contribution in [0.5, 0.6) is 0 Å². The summed E-state index contributed by atoms with van der Waals surface area (Å²) in [5.41, 5.74) is 17.9. The predicted octanol–water partition coefficient (Wildman–Crippen LogP) is 20.6. The zero-order valence-electron chi connectivity index (χ0n) is 48.2. The second-order valence-electron chi connectivity index (χ2n) is 22.3. The van der Waals surface area contributed by atoms with Crippen LogP contribution in [0.15, 0.2) is 297 Å².